The molecule has 0 aromatic carbocycles. The van der Waals surface area contributed by atoms with Crippen LogP contribution in [-0.4, -0.2) is 48.5 Å². The number of hydrogen-bond donors (Lipinski definition) is 1. The Morgan fingerprint density at radius 3 is 2.69 bits per heavy atom. The van der Waals surface area contributed by atoms with Gasteiger partial charge in [-0.15, -0.1) is 0 Å². The second-order valence-electron chi connectivity index (χ2n) is 3.90. The molecule has 0 aliphatic carbocycles. The molecule has 1 heterocycles. The van der Waals surface area contributed by atoms with Gasteiger partial charge in [-0.25, -0.2) is 9.97 Å². The van der Waals surface area contributed by atoms with Crippen molar-refractivity contribution in [1.29, 1.82) is 0 Å². The summed E-state index contributed by atoms with van der Waals surface area (Å²) in [5.74, 6) is 1.56. The number of aryl methyl sites for hydroxylation is 2. The molecule has 0 saturated heterocycles. The first-order valence-electron chi connectivity index (χ1n) is 5.23. The largest absolute Gasteiger partial charge is 0.389 e. The van der Waals surface area contributed by atoms with Gasteiger partial charge in [0.25, 0.3) is 0 Å². The van der Waals surface area contributed by atoms with Crippen LogP contribution in [0.1, 0.15) is 11.5 Å². The number of anilines is 1. The molecule has 5 heteroatoms. The van der Waals surface area contributed by atoms with Crippen LogP contribution in [-0.2, 0) is 4.74 Å². The minimum Gasteiger partial charge on any atom is -0.389 e. The molecular formula is C11H19N3O2. The summed E-state index contributed by atoms with van der Waals surface area (Å²) in [6, 6.07) is 1.90. The van der Waals surface area contributed by atoms with E-state index in [-0.39, 0.29) is 0 Å². The van der Waals surface area contributed by atoms with E-state index in [1.165, 1.54) is 0 Å². The molecule has 1 aromatic rings. The highest BCUT2D eigenvalue weighted by Crippen LogP contribution is 2.10. The quantitative estimate of drug-likeness (QED) is 0.792. The van der Waals surface area contributed by atoms with Gasteiger partial charge < -0.3 is 14.7 Å². The maximum atomic E-state index is 9.61. The average molecular weight is 225 g/mol. The lowest BCUT2D eigenvalue weighted by Gasteiger charge is -2.21. The van der Waals surface area contributed by atoms with Crippen LogP contribution < -0.4 is 4.90 Å². The first-order chi connectivity index (χ1) is 7.52. The predicted molar refractivity (Wildman–Crippen MR) is 62.7 cm³/mol. The lowest BCUT2D eigenvalue weighted by molar-refractivity contribution is 0.0694. The number of likely N-dealkylation sites (N-methyl/N-ethyl adjacent to an activating group) is 1. The Hall–Kier alpha value is -1.20. The lowest BCUT2D eigenvalue weighted by atomic mass is 10.3. The molecule has 16 heavy (non-hydrogen) atoms. The van der Waals surface area contributed by atoms with Crippen LogP contribution in [0, 0.1) is 13.8 Å². The van der Waals surface area contributed by atoms with Crippen LogP contribution in [0.3, 0.4) is 0 Å². The molecule has 0 saturated carbocycles. The van der Waals surface area contributed by atoms with Crippen LogP contribution in [0.5, 0.6) is 0 Å². The first-order valence-corrected chi connectivity index (χ1v) is 5.23. The SMILES string of the molecule is COCC(O)CN(C)c1cc(C)nc(C)n1. The molecule has 1 N–H and O–H groups in total. The van der Waals surface area contributed by atoms with E-state index in [1.807, 2.05) is 31.9 Å². The Labute approximate surface area is 96.1 Å². The summed E-state index contributed by atoms with van der Waals surface area (Å²) >= 11 is 0. The molecule has 5 nitrogen and oxygen atoms in total. The van der Waals surface area contributed by atoms with Gasteiger partial charge >= 0.3 is 0 Å². The highest BCUT2D eigenvalue weighted by molar-refractivity contribution is 5.38. The number of aliphatic hydroxyl groups is 1. The maximum absolute atomic E-state index is 9.61. The molecule has 1 aromatic heterocycles. The van der Waals surface area contributed by atoms with Crippen molar-refractivity contribution >= 4 is 5.82 Å². The molecular weight excluding hydrogens is 206 g/mol. The van der Waals surface area contributed by atoms with Crippen molar-refractivity contribution < 1.29 is 9.84 Å². The van der Waals surface area contributed by atoms with Crippen LogP contribution in [0.2, 0.25) is 0 Å². The minimum atomic E-state index is -0.509. The minimum absolute atomic E-state index is 0.327. The monoisotopic (exact) mass is 225 g/mol. The zero-order chi connectivity index (χ0) is 12.1. The van der Waals surface area contributed by atoms with Gasteiger partial charge in [-0.1, -0.05) is 0 Å². The summed E-state index contributed by atoms with van der Waals surface area (Å²) in [6.45, 7) is 4.60. The first kappa shape index (κ1) is 12.9. The molecule has 0 fully saturated rings. The van der Waals surface area contributed by atoms with Gasteiger partial charge in [-0.05, 0) is 13.8 Å². The van der Waals surface area contributed by atoms with Crippen molar-refractivity contribution in [1.82, 2.24) is 9.97 Å². The molecule has 0 aliphatic rings. The van der Waals surface area contributed by atoms with Crippen molar-refractivity contribution in [2.75, 3.05) is 32.2 Å². The molecule has 0 amide bonds. The third-order valence-electron chi connectivity index (χ3n) is 2.19. The zero-order valence-electron chi connectivity index (χ0n) is 10.3. The van der Waals surface area contributed by atoms with Gasteiger partial charge in [0, 0.05) is 32.5 Å². The van der Waals surface area contributed by atoms with Crippen molar-refractivity contribution in [3.05, 3.63) is 17.6 Å². The van der Waals surface area contributed by atoms with Crippen LogP contribution in [0.4, 0.5) is 5.82 Å². The van der Waals surface area contributed by atoms with Gasteiger partial charge in [-0.3, -0.25) is 0 Å². The second-order valence-corrected chi connectivity index (χ2v) is 3.90. The summed E-state index contributed by atoms with van der Waals surface area (Å²) in [4.78, 5) is 10.4. The lowest BCUT2D eigenvalue weighted by Crippen LogP contribution is -2.32. The van der Waals surface area contributed by atoms with Gasteiger partial charge in [0.05, 0.1) is 12.7 Å². The normalized spacial score (nSPS) is 12.6. The van der Waals surface area contributed by atoms with Crippen molar-refractivity contribution in [3.8, 4) is 0 Å². The number of ether oxygens (including phenoxy) is 1. The number of methoxy groups -OCH3 is 1. The Balaban J connectivity index is 2.68. The summed E-state index contributed by atoms with van der Waals surface area (Å²) in [5.41, 5.74) is 0.926. The van der Waals surface area contributed by atoms with E-state index in [1.54, 1.807) is 7.11 Å². The van der Waals surface area contributed by atoms with E-state index < -0.39 is 6.10 Å². The molecule has 1 rings (SSSR count). The third-order valence-corrected chi connectivity index (χ3v) is 2.19. The standard InChI is InChI=1S/C11H19N3O2/c1-8-5-11(13-9(2)12-8)14(3)6-10(15)7-16-4/h5,10,15H,6-7H2,1-4H3. The third kappa shape index (κ3) is 3.75. The van der Waals surface area contributed by atoms with E-state index in [4.69, 9.17) is 4.74 Å². The fraction of sp³-hybridized carbons (Fsp3) is 0.636. The Bertz CT molecular complexity index is 324. The fourth-order valence-corrected chi connectivity index (χ4v) is 1.55. The summed E-state index contributed by atoms with van der Waals surface area (Å²) in [6.07, 6.45) is -0.509. The summed E-state index contributed by atoms with van der Waals surface area (Å²) in [5, 5.41) is 9.61. The molecule has 0 spiro atoms. The smallest absolute Gasteiger partial charge is 0.132 e. The maximum Gasteiger partial charge on any atom is 0.132 e. The van der Waals surface area contributed by atoms with Gasteiger partial charge in [-0.2, -0.15) is 0 Å². The molecule has 0 bridgehead atoms. The average Bonchev–Trinajstić information content (AvgIpc) is 2.16. The summed E-state index contributed by atoms with van der Waals surface area (Å²) in [7, 11) is 3.46. The molecule has 1 unspecified atom stereocenters. The van der Waals surface area contributed by atoms with Crippen molar-refractivity contribution in [3.63, 3.8) is 0 Å². The highest BCUT2D eigenvalue weighted by Gasteiger charge is 2.10. The van der Waals surface area contributed by atoms with E-state index in [9.17, 15) is 5.11 Å². The second kappa shape index (κ2) is 5.77. The molecule has 0 radical (unpaired) electrons. The molecule has 1 atom stereocenters. The van der Waals surface area contributed by atoms with Gasteiger partial charge in [0.15, 0.2) is 0 Å². The Morgan fingerprint density at radius 2 is 2.12 bits per heavy atom. The van der Waals surface area contributed by atoms with Crippen molar-refractivity contribution in [2.45, 2.75) is 20.0 Å². The van der Waals surface area contributed by atoms with E-state index in [2.05, 4.69) is 9.97 Å². The molecule has 90 valence electrons. The number of aromatic nitrogens is 2. The molecule has 0 aliphatic heterocycles. The fourth-order valence-electron chi connectivity index (χ4n) is 1.55. The van der Waals surface area contributed by atoms with Crippen LogP contribution >= 0.6 is 0 Å². The Kier molecular flexibility index (Phi) is 4.64. The van der Waals surface area contributed by atoms with Crippen molar-refractivity contribution in [2.24, 2.45) is 0 Å². The number of rotatable bonds is 5. The number of nitrogens with zero attached hydrogens (tertiary/aromatic N) is 3. The predicted octanol–water partition coefficient (Wildman–Crippen LogP) is 0.537. The topological polar surface area (TPSA) is 58.5 Å². The van der Waals surface area contributed by atoms with Crippen LogP contribution in [0.25, 0.3) is 0 Å². The summed E-state index contributed by atoms with van der Waals surface area (Å²) < 4.78 is 4.88. The highest BCUT2D eigenvalue weighted by atomic mass is 16.5. The van der Waals surface area contributed by atoms with E-state index in [0.29, 0.717) is 13.2 Å². The zero-order valence-corrected chi connectivity index (χ0v) is 10.3. The number of aliphatic hydroxyl groups excluding tert-OH is 1. The van der Waals surface area contributed by atoms with E-state index in [0.717, 1.165) is 17.3 Å². The number of hydrogen-bond acceptors (Lipinski definition) is 5. The van der Waals surface area contributed by atoms with Gasteiger partial charge in [0.2, 0.25) is 0 Å². The Morgan fingerprint density at radius 1 is 1.44 bits per heavy atom. The van der Waals surface area contributed by atoms with Crippen LogP contribution in [0.15, 0.2) is 6.07 Å². The van der Waals surface area contributed by atoms with E-state index >= 15 is 0 Å². The van der Waals surface area contributed by atoms with Gasteiger partial charge in [0.1, 0.15) is 11.6 Å².